The van der Waals surface area contributed by atoms with Gasteiger partial charge in [0.1, 0.15) is 0 Å². The van der Waals surface area contributed by atoms with Gasteiger partial charge in [0, 0.05) is 5.56 Å². The maximum absolute atomic E-state index is 4.06. The molecule has 0 unspecified atom stereocenters. The van der Waals surface area contributed by atoms with Crippen LogP contribution in [0.25, 0.3) is 22.5 Å². The lowest BCUT2D eigenvalue weighted by molar-refractivity contribution is 0.816. The van der Waals surface area contributed by atoms with Crippen LogP contribution in [0.2, 0.25) is 0 Å². The highest BCUT2D eigenvalue weighted by Crippen LogP contribution is 2.23. The normalized spacial score (nSPS) is 10.4. The summed E-state index contributed by atoms with van der Waals surface area (Å²) in [7, 11) is 0. The smallest absolute Gasteiger partial charge is 0.131 e. The van der Waals surface area contributed by atoms with Crippen LogP contribution in [-0.4, -0.2) is 20.4 Å². The van der Waals surface area contributed by atoms with Crippen molar-refractivity contribution in [3.05, 3.63) is 60.4 Å². The van der Waals surface area contributed by atoms with Gasteiger partial charge in [-0.15, -0.1) is 20.4 Å². The van der Waals surface area contributed by atoms with Gasteiger partial charge in [-0.1, -0.05) is 48.5 Å². The molecule has 2 aromatic carbocycles. The van der Waals surface area contributed by atoms with E-state index >= 15 is 0 Å². The van der Waals surface area contributed by atoms with Crippen LogP contribution in [0.5, 0.6) is 0 Å². The fraction of sp³-hybridized carbons (Fsp3) is 0.0667. The third-order valence-electron chi connectivity index (χ3n) is 2.81. The Hall–Kier alpha value is -2.62. The Balaban J connectivity index is 2.03. The number of hydrogen-bond acceptors (Lipinski definition) is 4. The summed E-state index contributed by atoms with van der Waals surface area (Å²) >= 11 is 0. The first kappa shape index (κ1) is 11.5. The molecule has 92 valence electrons. The Kier molecular flexibility index (Phi) is 2.98. The molecule has 0 amide bonds. The van der Waals surface area contributed by atoms with Crippen LogP contribution in [0.15, 0.2) is 54.6 Å². The van der Waals surface area contributed by atoms with Gasteiger partial charge in [-0.05, 0) is 24.1 Å². The Labute approximate surface area is 111 Å². The average Bonchev–Trinajstić information content (AvgIpc) is 2.49. The van der Waals surface area contributed by atoms with E-state index in [2.05, 4.69) is 38.6 Å². The van der Waals surface area contributed by atoms with Gasteiger partial charge in [0.05, 0.1) is 0 Å². The lowest BCUT2D eigenvalue weighted by Gasteiger charge is -2.04. The first-order valence-electron chi connectivity index (χ1n) is 6.03. The zero-order valence-electron chi connectivity index (χ0n) is 10.5. The second-order valence-corrected chi connectivity index (χ2v) is 4.22. The van der Waals surface area contributed by atoms with E-state index in [4.69, 9.17) is 0 Å². The number of aryl methyl sites for hydroxylation is 1. The molecule has 0 radical (unpaired) electrons. The largest absolute Gasteiger partial charge is 0.203 e. The zero-order chi connectivity index (χ0) is 13.1. The highest BCUT2D eigenvalue weighted by Gasteiger charge is 2.04. The van der Waals surface area contributed by atoms with E-state index in [-0.39, 0.29) is 0 Å². The topological polar surface area (TPSA) is 51.6 Å². The molecule has 3 rings (SSSR count). The number of aromatic nitrogens is 4. The summed E-state index contributed by atoms with van der Waals surface area (Å²) in [5.74, 6) is 1.12. The minimum Gasteiger partial charge on any atom is -0.131 e. The third-order valence-corrected chi connectivity index (χ3v) is 2.81. The van der Waals surface area contributed by atoms with Gasteiger partial charge in [-0.2, -0.15) is 0 Å². The maximum atomic E-state index is 4.06. The van der Waals surface area contributed by atoms with E-state index in [1.807, 2.05) is 36.4 Å². The Morgan fingerprint density at radius 1 is 0.632 bits per heavy atom. The van der Waals surface area contributed by atoms with E-state index < -0.39 is 0 Å². The molecule has 19 heavy (non-hydrogen) atoms. The van der Waals surface area contributed by atoms with E-state index in [0.717, 1.165) is 16.7 Å². The van der Waals surface area contributed by atoms with Crippen molar-refractivity contribution in [2.75, 3.05) is 0 Å². The highest BCUT2D eigenvalue weighted by atomic mass is 15.3. The Morgan fingerprint density at radius 3 is 2.00 bits per heavy atom. The number of nitrogens with zero attached hydrogens (tertiary/aromatic N) is 4. The summed E-state index contributed by atoms with van der Waals surface area (Å²) in [4.78, 5) is 0. The molecule has 1 heterocycles. The van der Waals surface area contributed by atoms with Crippen molar-refractivity contribution in [1.29, 1.82) is 0 Å². The molecule has 0 N–H and O–H groups in total. The maximum Gasteiger partial charge on any atom is 0.203 e. The molecule has 3 aromatic rings. The lowest BCUT2D eigenvalue weighted by Crippen LogP contribution is -1.98. The highest BCUT2D eigenvalue weighted by molar-refractivity contribution is 5.69. The van der Waals surface area contributed by atoms with Crippen molar-refractivity contribution in [3.8, 4) is 22.5 Å². The monoisotopic (exact) mass is 248 g/mol. The molecule has 0 saturated heterocycles. The van der Waals surface area contributed by atoms with Gasteiger partial charge in [-0.25, -0.2) is 0 Å². The van der Waals surface area contributed by atoms with Crippen LogP contribution in [0.3, 0.4) is 0 Å². The summed E-state index contributed by atoms with van der Waals surface area (Å²) in [6, 6.07) is 18.3. The van der Waals surface area contributed by atoms with Crippen molar-refractivity contribution >= 4 is 0 Å². The molecule has 4 heteroatoms. The molecule has 0 bridgehead atoms. The van der Waals surface area contributed by atoms with Crippen molar-refractivity contribution in [2.24, 2.45) is 0 Å². The minimum atomic E-state index is 0.545. The first-order chi connectivity index (χ1) is 9.33. The molecule has 0 fully saturated rings. The minimum absolute atomic E-state index is 0.545. The van der Waals surface area contributed by atoms with Gasteiger partial charge < -0.3 is 0 Å². The molecular formula is C15H12N4. The van der Waals surface area contributed by atoms with E-state index in [9.17, 15) is 0 Å². The number of benzene rings is 2. The molecule has 0 aliphatic rings. The lowest BCUT2D eigenvalue weighted by atomic mass is 10.0. The molecule has 0 atom stereocenters. The van der Waals surface area contributed by atoms with Crippen molar-refractivity contribution < 1.29 is 0 Å². The van der Waals surface area contributed by atoms with Crippen molar-refractivity contribution in [3.63, 3.8) is 0 Å². The number of rotatable bonds is 2. The van der Waals surface area contributed by atoms with E-state index in [0.29, 0.717) is 11.6 Å². The second-order valence-electron chi connectivity index (χ2n) is 4.22. The second kappa shape index (κ2) is 4.94. The summed E-state index contributed by atoms with van der Waals surface area (Å²) in [5, 5.41) is 16.0. The van der Waals surface area contributed by atoms with Gasteiger partial charge >= 0.3 is 0 Å². The van der Waals surface area contributed by atoms with Crippen LogP contribution in [0.4, 0.5) is 0 Å². The standard InChI is InChI=1S/C15H12N4/c1-11-16-18-15(19-17-11)14-9-5-8-13(10-14)12-6-3-2-4-7-12/h2-10H,1H3. The van der Waals surface area contributed by atoms with Crippen LogP contribution >= 0.6 is 0 Å². The quantitative estimate of drug-likeness (QED) is 0.699. The fourth-order valence-corrected chi connectivity index (χ4v) is 1.86. The summed E-state index contributed by atoms with van der Waals surface area (Å²) in [6.07, 6.45) is 0. The zero-order valence-corrected chi connectivity index (χ0v) is 10.5. The van der Waals surface area contributed by atoms with Crippen LogP contribution < -0.4 is 0 Å². The Bertz CT molecular complexity index is 678. The van der Waals surface area contributed by atoms with E-state index in [1.165, 1.54) is 0 Å². The summed E-state index contributed by atoms with van der Waals surface area (Å²) in [6.45, 7) is 1.77. The molecule has 0 saturated carbocycles. The van der Waals surface area contributed by atoms with Crippen LogP contribution in [0.1, 0.15) is 5.82 Å². The molecule has 4 nitrogen and oxygen atoms in total. The third kappa shape index (κ3) is 2.47. The van der Waals surface area contributed by atoms with Crippen molar-refractivity contribution in [2.45, 2.75) is 6.92 Å². The van der Waals surface area contributed by atoms with Gasteiger partial charge in [0.2, 0.25) is 5.82 Å². The van der Waals surface area contributed by atoms with Crippen molar-refractivity contribution in [1.82, 2.24) is 20.4 Å². The van der Waals surface area contributed by atoms with Crippen LogP contribution in [-0.2, 0) is 0 Å². The average molecular weight is 248 g/mol. The van der Waals surface area contributed by atoms with Gasteiger partial charge in [0.15, 0.2) is 5.82 Å². The predicted molar refractivity (Wildman–Crippen MR) is 73.2 cm³/mol. The Morgan fingerprint density at radius 2 is 1.26 bits per heavy atom. The summed E-state index contributed by atoms with van der Waals surface area (Å²) in [5.41, 5.74) is 3.21. The molecule has 0 aliphatic carbocycles. The van der Waals surface area contributed by atoms with Gasteiger partial charge in [0.25, 0.3) is 0 Å². The van der Waals surface area contributed by atoms with Gasteiger partial charge in [-0.3, -0.25) is 0 Å². The molecule has 0 aliphatic heterocycles. The first-order valence-corrected chi connectivity index (χ1v) is 6.03. The fourth-order valence-electron chi connectivity index (χ4n) is 1.86. The SMILES string of the molecule is Cc1nnc(-c2cccc(-c3ccccc3)c2)nn1. The predicted octanol–water partition coefficient (Wildman–Crippen LogP) is 2.91. The molecule has 1 aromatic heterocycles. The number of hydrogen-bond donors (Lipinski definition) is 0. The van der Waals surface area contributed by atoms with Crippen LogP contribution in [0, 0.1) is 6.92 Å². The van der Waals surface area contributed by atoms with E-state index in [1.54, 1.807) is 6.92 Å². The summed E-state index contributed by atoms with van der Waals surface area (Å²) < 4.78 is 0. The molecule has 0 spiro atoms. The molecular weight excluding hydrogens is 236 g/mol.